The molecule has 0 aromatic carbocycles. The molecular formula is C24H38N4O6Si. The predicted molar refractivity (Wildman–Crippen MR) is 134 cm³/mol. The minimum absolute atomic E-state index is 0.117. The lowest BCUT2D eigenvalue weighted by Gasteiger charge is -2.33. The number of aromatic nitrogens is 3. The number of hydrogen-bond donors (Lipinski definition) is 0. The van der Waals surface area contributed by atoms with Crippen LogP contribution in [0.1, 0.15) is 44.0 Å². The number of carbonyl (C=O) groups is 2. The zero-order valence-corrected chi connectivity index (χ0v) is 22.9. The summed E-state index contributed by atoms with van der Waals surface area (Å²) in [4.78, 5) is 35.4. The Labute approximate surface area is 207 Å². The Morgan fingerprint density at radius 2 is 1.86 bits per heavy atom. The highest BCUT2D eigenvalue weighted by Gasteiger charge is 2.28. The van der Waals surface area contributed by atoms with Gasteiger partial charge < -0.3 is 28.4 Å². The van der Waals surface area contributed by atoms with Crippen molar-refractivity contribution in [2.45, 2.75) is 77.7 Å². The third-order valence-corrected chi connectivity index (χ3v) is 7.26. The molecule has 0 radical (unpaired) electrons. The molecule has 0 aliphatic carbocycles. The Kier molecular flexibility index (Phi) is 8.42. The number of amides is 1. The first-order chi connectivity index (χ1) is 16.4. The Morgan fingerprint density at radius 1 is 1.17 bits per heavy atom. The number of piperidine rings is 1. The van der Waals surface area contributed by atoms with Gasteiger partial charge in [-0.15, -0.1) is 0 Å². The molecule has 1 fully saturated rings. The summed E-state index contributed by atoms with van der Waals surface area (Å²) in [7, 11) is 0.136. The Morgan fingerprint density at radius 3 is 2.46 bits per heavy atom. The third kappa shape index (κ3) is 7.66. The monoisotopic (exact) mass is 506 g/mol. The second kappa shape index (κ2) is 10.9. The maximum atomic E-state index is 12.4. The van der Waals surface area contributed by atoms with Crippen molar-refractivity contribution in [3.05, 3.63) is 18.0 Å². The van der Waals surface area contributed by atoms with Crippen molar-refractivity contribution >= 4 is 31.3 Å². The number of rotatable bonds is 8. The van der Waals surface area contributed by atoms with Gasteiger partial charge in [0, 0.05) is 46.8 Å². The molecule has 0 N–H and O–H groups in total. The van der Waals surface area contributed by atoms with Gasteiger partial charge in [-0.1, -0.05) is 19.6 Å². The van der Waals surface area contributed by atoms with Crippen molar-refractivity contribution in [3.8, 4) is 5.88 Å². The van der Waals surface area contributed by atoms with Crippen LogP contribution in [0.5, 0.6) is 5.88 Å². The standard InChI is InChI=1S/C24H38N4O6Si/c1-24(2,3)34-23(30)27-10-8-17(9-11-27)33-19-14-25-21-20(26-19)18(22(29)31-4)15-28(21)16-32-12-13-35(5,6)7/h14-15,17H,8-13,16H2,1-7H3. The highest BCUT2D eigenvalue weighted by molar-refractivity contribution is 6.76. The molecule has 2 aromatic rings. The maximum absolute atomic E-state index is 12.4. The fourth-order valence-corrected chi connectivity index (χ4v) is 4.40. The SMILES string of the molecule is COC(=O)c1cn(COCC[Si](C)(C)C)c2ncc(OC3CCN(C(=O)OC(C)(C)C)CC3)nc12. The zero-order valence-electron chi connectivity index (χ0n) is 21.9. The van der Waals surface area contributed by atoms with Crippen LogP contribution in [0, 0.1) is 0 Å². The molecule has 194 valence electrons. The Hall–Kier alpha value is -2.66. The number of nitrogens with zero attached hydrogens (tertiary/aromatic N) is 4. The zero-order chi connectivity index (χ0) is 25.8. The van der Waals surface area contributed by atoms with Gasteiger partial charge in [0.2, 0.25) is 5.88 Å². The number of fused-ring (bicyclic) bond motifs is 1. The number of methoxy groups -OCH3 is 1. The molecule has 11 heteroatoms. The quantitative estimate of drug-likeness (QED) is 0.296. The highest BCUT2D eigenvalue weighted by atomic mass is 28.3. The van der Waals surface area contributed by atoms with E-state index in [4.69, 9.17) is 18.9 Å². The Balaban J connectivity index is 1.67. The van der Waals surface area contributed by atoms with Gasteiger partial charge in [0.05, 0.1) is 13.3 Å². The van der Waals surface area contributed by atoms with Gasteiger partial charge in [-0.3, -0.25) is 0 Å². The van der Waals surface area contributed by atoms with E-state index in [0.29, 0.717) is 55.1 Å². The van der Waals surface area contributed by atoms with Crippen LogP contribution in [0.2, 0.25) is 25.7 Å². The van der Waals surface area contributed by atoms with Crippen LogP contribution in [-0.4, -0.2) is 78.1 Å². The van der Waals surface area contributed by atoms with E-state index in [1.165, 1.54) is 7.11 Å². The minimum Gasteiger partial charge on any atom is -0.473 e. The van der Waals surface area contributed by atoms with Crippen LogP contribution in [-0.2, 0) is 20.9 Å². The second-order valence-electron chi connectivity index (χ2n) is 11.0. The topological polar surface area (TPSA) is 105 Å². The number of carbonyl (C=O) groups excluding carboxylic acids is 2. The van der Waals surface area contributed by atoms with Crippen LogP contribution < -0.4 is 4.74 Å². The molecule has 1 saturated heterocycles. The molecule has 1 aliphatic heterocycles. The number of ether oxygens (including phenoxy) is 4. The summed E-state index contributed by atoms with van der Waals surface area (Å²) in [6, 6.07) is 1.05. The summed E-state index contributed by atoms with van der Waals surface area (Å²) in [6.07, 6.45) is 4.09. The summed E-state index contributed by atoms with van der Waals surface area (Å²) >= 11 is 0. The first-order valence-electron chi connectivity index (χ1n) is 12.0. The van der Waals surface area contributed by atoms with Gasteiger partial charge in [-0.05, 0) is 26.8 Å². The molecule has 3 heterocycles. The maximum Gasteiger partial charge on any atom is 0.410 e. The second-order valence-corrected chi connectivity index (χ2v) is 16.6. The summed E-state index contributed by atoms with van der Waals surface area (Å²) in [5.41, 5.74) is 0.733. The Bertz CT molecular complexity index is 1040. The lowest BCUT2D eigenvalue weighted by Crippen LogP contribution is -2.44. The number of esters is 1. The highest BCUT2D eigenvalue weighted by Crippen LogP contribution is 2.24. The van der Waals surface area contributed by atoms with Crippen molar-refractivity contribution in [3.63, 3.8) is 0 Å². The van der Waals surface area contributed by atoms with Crippen molar-refractivity contribution in [1.29, 1.82) is 0 Å². The van der Waals surface area contributed by atoms with Gasteiger partial charge in [0.25, 0.3) is 0 Å². The first-order valence-corrected chi connectivity index (χ1v) is 15.7. The van der Waals surface area contributed by atoms with Crippen molar-refractivity contribution < 1.29 is 28.5 Å². The van der Waals surface area contributed by atoms with E-state index in [0.717, 1.165) is 6.04 Å². The van der Waals surface area contributed by atoms with Crippen molar-refractivity contribution in [2.24, 2.45) is 0 Å². The fraction of sp³-hybridized carbons (Fsp3) is 0.667. The van der Waals surface area contributed by atoms with Crippen LogP contribution in [0.15, 0.2) is 12.4 Å². The molecular weight excluding hydrogens is 468 g/mol. The first kappa shape index (κ1) is 26.9. The third-order valence-electron chi connectivity index (χ3n) is 5.56. The van der Waals surface area contributed by atoms with Crippen LogP contribution in [0.3, 0.4) is 0 Å². The number of likely N-dealkylation sites (tertiary alicyclic amines) is 1. The van der Waals surface area contributed by atoms with Crippen molar-refractivity contribution in [1.82, 2.24) is 19.4 Å². The van der Waals surface area contributed by atoms with Crippen LogP contribution >= 0.6 is 0 Å². The van der Waals surface area contributed by atoms with E-state index in [-0.39, 0.29) is 18.9 Å². The lowest BCUT2D eigenvalue weighted by atomic mass is 10.1. The predicted octanol–water partition coefficient (Wildman–Crippen LogP) is 4.31. The lowest BCUT2D eigenvalue weighted by molar-refractivity contribution is 0.0123. The molecule has 0 atom stereocenters. The van der Waals surface area contributed by atoms with Crippen LogP contribution in [0.25, 0.3) is 11.2 Å². The largest absolute Gasteiger partial charge is 0.473 e. The molecule has 35 heavy (non-hydrogen) atoms. The summed E-state index contributed by atoms with van der Waals surface area (Å²) in [5.74, 6) is -0.163. The molecule has 1 aliphatic rings. The summed E-state index contributed by atoms with van der Waals surface area (Å²) in [5, 5.41) is 0. The minimum atomic E-state index is -1.20. The summed E-state index contributed by atoms with van der Waals surface area (Å²) in [6.45, 7) is 14.4. The van der Waals surface area contributed by atoms with Gasteiger partial charge in [0.1, 0.15) is 29.5 Å². The summed E-state index contributed by atoms with van der Waals surface area (Å²) < 4.78 is 24.1. The molecule has 2 aromatic heterocycles. The number of hydrogen-bond acceptors (Lipinski definition) is 8. The molecule has 0 saturated carbocycles. The van der Waals surface area contributed by atoms with Gasteiger partial charge in [-0.25, -0.2) is 19.6 Å². The fourth-order valence-electron chi connectivity index (χ4n) is 3.64. The van der Waals surface area contributed by atoms with E-state index >= 15 is 0 Å². The molecule has 0 spiro atoms. The van der Waals surface area contributed by atoms with Gasteiger partial charge >= 0.3 is 12.1 Å². The molecule has 0 bridgehead atoms. The van der Waals surface area contributed by atoms with E-state index < -0.39 is 19.6 Å². The average molecular weight is 507 g/mol. The van der Waals surface area contributed by atoms with E-state index in [1.54, 1.807) is 21.9 Å². The molecule has 1 amide bonds. The smallest absolute Gasteiger partial charge is 0.410 e. The average Bonchev–Trinajstić information content (AvgIpc) is 3.13. The van der Waals surface area contributed by atoms with Crippen LogP contribution in [0.4, 0.5) is 4.79 Å². The molecule has 3 rings (SSSR count). The van der Waals surface area contributed by atoms with E-state index in [1.807, 2.05) is 20.8 Å². The molecule has 0 unspecified atom stereocenters. The van der Waals surface area contributed by atoms with Gasteiger partial charge in [0.15, 0.2) is 5.65 Å². The normalized spacial score (nSPS) is 15.3. The van der Waals surface area contributed by atoms with E-state index in [9.17, 15) is 9.59 Å². The van der Waals surface area contributed by atoms with Gasteiger partial charge in [-0.2, -0.15) is 0 Å². The van der Waals surface area contributed by atoms with E-state index in [2.05, 4.69) is 29.6 Å². The van der Waals surface area contributed by atoms with Crippen molar-refractivity contribution in [2.75, 3.05) is 26.8 Å². The molecule has 10 nitrogen and oxygen atoms in total.